The van der Waals surface area contributed by atoms with Crippen LogP contribution in [0.15, 0.2) is 357 Å². The first kappa shape index (κ1) is 62.0. The number of hydrogen-bond acceptors (Lipinski definition) is 7. The van der Waals surface area contributed by atoms with Gasteiger partial charge in [-0.3, -0.25) is 0 Å². The zero-order valence-electron chi connectivity index (χ0n) is 73.7. The van der Waals surface area contributed by atoms with Crippen LogP contribution in [0.2, 0.25) is 0 Å². The van der Waals surface area contributed by atoms with Crippen LogP contribution in [0.1, 0.15) is 67.8 Å². The smallest absolute Gasteiger partial charge is 0.252 e. The first-order valence-corrected chi connectivity index (χ1v) is 41.1. The lowest BCUT2D eigenvalue weighted by molar-refractivity contribution is 0.569. The zero-order valence-corrected chi connectivity index (χ0v) is 66.7. The molecule has 9 nitrogen and oxygen atoms in total. The Balaban J connectivity index is 0.900. The first-order valence-electron chi connectivity index (χ1n) is 44.6. The van der Waals surface area contributed by atoms with Crippen LogP contribution in [0, 0.1) is 11.3 Å². The van der Waals surface area contributed by atoms with Crippen LogP contribution in [0.5, 0.6) is 0 Å². The fourth-order valence-electron chi connectivity index (χ4n) is 19.9. The quantitative estimate of drug-likeness (QED) is 0.140. The van der Waals surface area contributed by atoms with Gasteiger partial charge in [0.05, 0.1) is 65.4 Å². The highest BCUT2D eigenvalue weighted by atomic mass is 16.3. The van der Waals surface area contributed by atoms with Gasteiger partial charge in [-0.25, -0.2) is 0 Å². The van der Waals surface area contributed by atoms with Gasteiger partial charge in [0.25, 0.3) is 6.71 Å². The number of benzene rings is 17. The van der Waals surface area contributed by atoms with Crippen molar-refractivity contribution < 1.29 is 27.3 Å². The van der Waals surface area contributed by atoms with Crippen molar-refractivity contribution >= 4 is 189 Å². The number of fused-ring (bicyclic) bond motifs is 22. The molecule has 570 valence electrons. The minimum Gasteiger partial charge on any atom is -0.456 e. The fraction of sp³-hybridized carbons (Fsp3) is 0.0721. The maximum absolute atomic E-state index is 10.8. The lowest BCUT2D eigenvalue weighted by Gasteiger charge is -2.45. The van der Waals surface area contributed by atoms with Crippen molar-refractivity contribution in [3.05, 3.63) is 356 Å². The predicted molar refractivity (Wildman–Crippen MR) is 502 cm³/mol. The number of hydrogen-bond donors (Lipinski definition) is 0. The summed E-state index contributed by atoms with van der Waals surface area (Å²) in [5.74, 6) is 0. The molecular formula is C111H74BN5O4. The summed E-state index contributed by atoms with van der Waals surface area (Å²) in [5.41, 5.74) is 25.3. The van der Waals surface area contributed by atoms with Crippen LogP contribution in [-0.4, -0.2) is 15.8 Å². The van der Waals surface area contributed by atoms with Crippen molar-refractivity contribution in [2.75, 3.05) is 9.80 Å². The fourth-order valence-corrected chi connectivity index (χ4v) is 19.9. The molecule has 0 radical (unpaired) electrons. The Kier molecular flexibility index (Phi) is 13.0. The standard InChI is InChI=1S/C111H74BN5O4/c1-110(2,3)69-55-67(56-70(61-69)111(4,5)6)66-44-51-91-86(58-66)112-85-48-45-72(115-88-35-17-10-26-73(88)83-54-64(63-113)42-49-89(83)115)62-92(85)117(109-78(47-53-102-106(109)82-31-15-21-39-98(82)121-102)76-33-23-41-100-104(76)80-29-13-19-37-96(80)119-100)94-60-68(65-43-50-90-84(57-65)74-27-11-16-34-87(74)114(90)71-24-8-7-9-25-71)59-93(107(94)112)116(91)108-77(46-52-101-105(108)81-30-14-20-38-97(81)120-101)75-32-22-40-99-103(75)79-28-12-18-36-95(79)118-99/h7-62H,1-6H3/i10D,17D,26D,35D,42D,49D,54D. The van der Waals surface area contributed by atoms with Gasteiger partial charge in [-0.2, -0.15) is 5.26 Å². The summed E-state index contributed by atoms with van der Waals surface area (Å²) in [7, 11) is 0. The van der Waals surface area contributed by atoms with E-state index in [1.807, 2.05) is 84.9 Å². The Morgan fingerprint density at radius 1 is 0.314 bits per heavy atom. The van der Waals surface area contributed by atoms with E-state index in [1.54, 1.807) is 4.57 Å². The summed E-state index contributed by atoms with van der Waals surface area (Å²) >= 11 is 0. The summed E-state index contributed by atoms with van der Waals surface area (Å²) in [5, 5.41) is 20.0. The first-order chi connectivity index (χ1) is 62.1. The van der Waals surface area contributed by atoms with Crippen molar-refractivity contribution in [1.29, 1.82) is 5.26 Å². The Bertz CT molecular complexity index is 8930. The summed E-state index contributed by atoms with van der Waals surface area (Å²) in [6.07, 6.45) is 0. The summed E-state index contributed by atoms with van der Waals surface area (Å²) in [6, 6.07) is 104. The van der Waals surface area contributed by atoms with Crippen LogP contribution < -0.4 is 26.2 Å². The molecule has 10 heteroatoms. The number of para-hydroxylation sites is 7. The molecule has 0 bridgehead atoms. The monoisotopic (exact) mass is 1560 g/mol. The highest BCUT2D eigenvalue weighted by molar-refractivity contribution is 7.00. The number of rotatable bonds is 8. The molecule has 0 unspecified atom stereocenters. The minimum absolute atomic E-state index is 0.0211. The van der Waals surface area contributed by atoms with Gasteiger partial charge in [-0.15, -0.1) is 0 Å². The molecule has 0 atom stereocenters. The Hall–Kier alpha value is -15.3. The van der Waals surface area contributed by atoms with Gasteiger partial charge in [0.2, 0.25) is 0 Å². The summed E-state index contributed by atoms with van der Waals surface area (Å²) in [4.78, 5) is 4.94. The van der Waals surface area contributed by atoms with Crippen LogP contribution >= 0.6 is 0 Å². The van der Waals surface area contributed by atoms with Crippen LogP contribution in [0.25, 0.3) is 187 Å². The molecule has 8 heterocycles. The number of nitriles is 1. The van der Waals surface area contributed by atoms with Gasteiger partial charge < -0.3 is 36.6 Å². The van der Waals surface area contributed by atoms with E-state index in [0.29, 0.717) is 39.3 Å². The van der Waals surface area contributed by atoms with E-state index in [-0.39, 0.29) is 38.2 Å². The van der Waals surface area contributed by atoms with E-state index in [2.05, 4.69) is 274 Å². The average Bonchev–Trinajstić information content (AvgIpc) is 1.11. The number of anilines is 6. The van der Waals surface area contributed by atoms with Gasteiger partial charge >= 0.3 is 0 Å². The second-order valence-electron chi connectivity index (χ2n) is 34.3. The topological polar surface area (TPSA) is 92.7 Å². The third-order valence-electron chi connectivity index (χ3n) is 25.5. The molecule has 6 aromatic heterocycles. The van der Waals surface area contributed by atoms with Crippen molar-refractivity contribution in [3.63, 3.8) is 0 Å². The maximum atomic E-state index is 10.8. The average molecular weight is 1560 g/mol. The van der Waals surface area contributed by atoms with Crippen LogP contribution in [0.4, 0.5) is 34.1 Å². The number of aromatic nitrogens is 2. The molecule has 0 N–H and O–H groups in total. The highest BCUT2D eigenvalue weighted by Gasteiger charge is 2.47. The minimum atomic E-state index is -0.671. The zero-order chi connectivity index (χ0) is 86.7. The van der Waals surface area contributed by atoms with E-state index >= 15 is 0 Å². The van der Waals surface area contributed by atoms with Gasteiger partial charge in [0.15, 0.2) is 0 Å². The summed E-state index contributed by atoms with van der Waals surface area (Å²) in [6.45, 7) is 13.0. The van der Waals surface area contributed by atoms with E-state index in [1.165, 1.54) is 11.1 Å². The Morgan fingerprint density at radius 3 is 1.40 bits per heavy atom. The molecule has 0 fully saturated rings. The molecule has 0 amide bonds. The number of furan rings is 4. The second kappa shape index (κ2) is 25.4. The molecule has 2 aliphatic rings. The second-order valence-corrected chi connectivity index (χ2v) is 34.3. The Labute approximate surface area is 706 Å². The molecule has 17 aromatic carbocycles. The number of nitrogens with zero attached hydrogens (tertiary/aromatic N) is 5. The van der Waals surface area contributed by atoms with Crippen molar-refractivity contribution in [3.8, 4) is 62.0 Å². The van der Waals surface area contributed by atoms with Crippen LogP contribution in [0.3, 0.4) is 0 Å². The third kappa shape index (κ3) is 10.1. The molecule has 25 rings (SSSR count). The van der Waals surface area contributed by atoms with E-state index in [4.69, 9.17) is 17.7 Å². The van der Waals surface area contributed by atoms with Gasteiger partial charge in [-0.1, -0.05) is 236 Å². The van der Waals surface area contributed by atoms with Crippen molar-refractivity contribution in [2.24, 2.45) is 0 Å². The molecular weight excluding hydrogens is 1480 g/mol. The molecule has 0 saturated carbocycles. The molecule has 0 spiro atoms. The summed E-state index contributed by atoms with van der Waals surface area (Å²) < 4.78 is 101. The SMILES string of the molecule is [2H]c1c([2H])c([2H])c2c(c1[2H])c1c([2H])c(C#N)c([2H])c([2H])c1n2-c1ccc2c(c1)N(c1c(-c3cccc4oc5ccccc5c34)ccc3oc4ccccc4c13)c1cc(-c3ccc4c(c3)c3ccccc3n4-c3ccccc3)cc3c1B2c1cc(-c2cc(C(C)(C)C)cc(C(C)(C)C)c2)ccc1N3c1c(-c2cccc3oc4ccccc4c23)ccc2oc3ccccc3c12. The molecule has 121 heavy (non-hydrogen) atoms. The lowest BCUT2D eigenvalue weighted by atomic mass is 9.33. The van der Waals surface area contributed by atoms with Crippen molar-refractivity contribution in [1.82, 2.24) is 9.13 Å². The maximum Gasteiger partial charge on any atom is 0.252 e. The van der Waals surface area contributed by atoms with Gasteiger partial charge in [-0.05, 0) is 217 Å². The highest BCUT2D eigenvalue weighted by Crippen LogP contribution is 2.57. The van der Waals surface area contributed by atoms with E-state index in [0.717, 1.165) is 177 Å². The molecule has 23 aromatic rings. The van der Waals surface area contributed by atoms with E-state index < -0.39 is 49.0 Å². The largest absolute Gasteiger partial charge is 0.456 e. The normalized spacial score (nSPS) is 13.8. The molecule has 2 aliphatic heterocycles. The lowest BCUT2D eigenvalue weighted by Crippen LogP contribution is -2.61. The van der Waals surface area contributed by atoms with Crippen molar-refractivity contribution in [2.45, 2.75) is 52.4 Å². The van der Waals surface area contributed by atoms with Crippen LogP contribution in [-0.2, 0) is 10.8 Å². The molecule has 0 saturated heterocycles. The van der Waals surface area contributed by atoms with Gasteiger partial charge in [0, 0.05) is 99.1 Å². The van der Waals surface area contributed by atoms with Gasteiger partial charge in [0.1, 0.15) is 44.7 Å². The predicted octanol–water partition coefficient (Wildman–Crippen LogP) is 28.7. The van der Waals surface area contributed by atoms with E-state index in [9.17, 15) is 14.9 Å². The molecule has 0 aliphatic carbocycles. The Morgan fingerprint density at radius 2 is 0.802 bits per heavy atom. The third-order valence-corrected chi connectivity index (χ3v) is 25.5.